The van der Waals surface area contributed by atoms with Crippen LogP contribution in [0.1, 0.15) is 10.5 Å². The standard InChI is InChI=1S/C7H4Br2N6O/c8-4-2-10-6(5(9)12-4)13-7(16)3-1-11-15-14-3/h1-2H,(H,10,13,16)(H,11,14,15). The van der Waals surface area contributed by atoms with Crippen LogP contribution in [0.5, 0.6) is 0 Å². The monoisotopic (exact) mass is 346 g/mol. The molecule has 2 heterocycles. The van der Waals surface area contributed by atoms with E-state index in [2.05, 4.69) is 62.6 Å². The van der Waals surface area contributed by atoms with Crippen LogP contribution in [0.15, 0.2) is 21.6 Å². The van der Waals surface area contributed by atoms with Crippen LogP contribution in [0, 0.1) is 0 Å². The fraction of sp³-hybridized carbons (Fsp3) is 0. The number of halogens is 2. The molecule has 1 amide bonds. The van der Waals surface area contributed by atoms with Gasteiger partial charge in [0.15, 0.2) is 11.5 Å². The Morgan fingerprint density at radius 2 is 2.19 bits per heavy atom. The van der Waals surface area contributed by atoms with Gasteiger partial charge in [0.1, 0.15) is 9.21 Å². The molecule has 2 aromatic rings. The summed E-state index contributed by atoms with van der Waals surface area (Å²) in [6.07, 6.45) is 2.79. The van der Waals surface area contributed by atoms with Crippen LogP contribution in [-0.4, -0.2) is 31.3 Å². The molecule has 0 saturated heterocycles. The maximum Gasteiger partial charge on any atom is 0.279 e. The number of rotatable bonds is 2. The summed E-state index contributed by atoms with van der Waals surface area (Å²) in [4.78, 5) is 19.6. The minimum Gasteiger partial charge on any atom is -0.303 e. The average Bonchev–Trinajstić information content (AvgIpc) is 2.75. The molecule has 9 heteroatoms. The zero-order chi connectivity index (χ0) is 11.5. The van der Waals surface area contributed by atoms with Crippen molar-refractivity contribution in [3.8, 4) is 0 Å². The zero-order valence-corrected chi connectivity index (χ0v) is 10.8. The summed E-state index contributed by atoms with van der Waals surface area (Å²) in [6.45, 7) is 0. The van der Waals surface area contributed by atoms with Crippen LogP contribution < -0.4 is 5.32 Å². The molecule has 0 unspecified atom stereocenters. The summed E-state index contributed by atoms with van der Waals surface area (Å²) >= 11 is 6.33. The van der Waals surface area contributed by atoms with E-state index in [1.54, 1.807) is 0 Å². The predicted octanol–water partition coefficient (Wildman–Crippen LogP) is 1.37. The molecule has 2 N–H and O–H groups in total. The predicted molar refractivity (Wildman–Crippen MR) is 61.8 cm³/mol. The third-order valence-electron chi connectivity index (χ3n) is 1.58. The summed E-state index contributed by atoms with van der Waals surface area (Å²) in [5.41, 5.74) is 0.177. The first-order valence-electron chi connectivity index (χ1n) is 4.02. The van der Waals surface area contributed by atoms with Crippen LogP contribution in [0.4, 0.5) is 5.82 Å². The molecular weight excluding hydrogens is 344 g/mol. The lowest BCUT2D eigenvalue weighted by Gasteiger charge is -2.03. The number of nitrogens with zero attached hydrogens (tertiary/aromatic N) is 4. The molecule has 0 aliphatic rings. The van der Waals surface area contributed by atoms with Crippen LogP contribution in [-0.2, 0) is 0 Å². The van der Waals surface area contributed by atoms with Crippen LogP contribution in [0.3, 0.4) is 0 Å². The van der Waals surface area contributed by atoms with Crippen molar-refractivity contribution in [1.82, 2.24) is 25.4 Å². The van der Waals surface area contributed by atoms with E-state index in [1.807, 2.05) is 0 Å². The lowest BCUT2D eigenvalue weighted by Crippen LogP contribution is -2.14. The molecule has 0 fully saturated rings. The summed E-state index contributed by atoms with van der Waals surface area (Å²) < 4.78 is 0.998. The fourth-order valence-electron chi connectivity index (χ4n) is 0.913. The van der Waals surface area contributed by atoms with Gasteiger partial charge in [0.05, 0.1) is 12.4 Å². The number of amides is 1. The Morgan fingerprint density at radius 1 is 1.38 bits per heavy atom. The highest BCUT2D eigenvalue weighted by Crippen LogP contribution is 2.19. The fourth-order valence-corrected chi connectivity index (χ4v) is 1.82. The van der Waals surface area contributed by atoms with Crippen LogP contribution in [0.25, 0.3) is 0 Å². The maximum absolute atomic E-state index is 11.6. The molecule has 0 saturated carbocycles. The van der Waals surface area contributed by atoms with Gasteiger partial charge in [-0.3, -0.25) is 4.79 Å². The van der Waals surface area contributed by atoms with E-state index in [0.29, 0.717) is 15.0 Å². The van der Waals surface area contributed by atoms with Crippen molar-refractivity contribution in [3.05, 3.63) is 27.3 Å². The molecule has 82 valence electrons. The Balaban J connectivity index is 2.18. The first kappa shape index (κ1) is 11.1. The molecule has 0 aromatic carbocycles. The van der Waals surface area contributed by atoms with Gasteiger partial charge in [0.2, 0.25) is 0 Å². The first-order chi connectivity index (χ1) is 7.66. The third-order valence-corrected chi connectivity index (χ3v) is 2.52. The van der Waals surface area contributed by atoms with E-state index in [9.17, 15) is 4.79 Å². The molecule has 0 atom stereocenters. The molecule has 2 aromatic heterocycles. The number of nitrogens with one attached hydrogen (secondary N) is 2. The highest BCUT2D eigenvalue weighted by atomic mass is 79.9. The molecule has 0 bridgehead atoms. The lowest BCUT2D eigenvalue weighted by molar-refractivity contribution is 0.102. The number of carbonyl (C=O) groups is 1. The average molecular weight is 348 g/mol. The normalized spacial score (nSPS) is 10.1. The smallest absolute Gasteiger partial charge is 0.279 e. The Bertz CT molecular complexity index is 514. The van der Waals surface area contributed by atoms with Gasteiger partial charge in [0.25, 0.3) is 5.91 Å². The number of hydrogen-bond donors (Lipinski definition) is 2. The maximum atomic E-state index is 11.6. The highest BCUT2D eigenvalue weighted by Gasteiger charge is 2.12. The number of carbonyl (C=O) groups excluding carboxylic acids is 1. The van der Waals surface area contributed by atoms with Gasteiger partial charge in [-0.15, -0.1) is 0 Å². The van der Waals surface area contributed by atoms with E-state index in [-0.39, 0.29) is 5.69 Å². The van der Waals surface area contributed by atoms with Gasteiger partial charge in [-0.2, -0.15) is 15.4 Å². The second kappa shape index (κ2) is 4.66. The molecule has 0 aliphatic heterocycles. The molecule has 7 nitrogen and oxygen atoms in total. The molecule has 0 aliphatic carbocycles. The summed E-state index contributed by atoms with van der Waals surface area (Å²) in [5, 5.41) is 12.0. The zero-order valence-electron chi connectivity index (χ0n) is 7.61. The largest absolute Gasteiger partial charge is 0.303 e. The second-order valence-corrected chi connectivity index (χ2v) is 4.21. The number of anilines is 1. The first-order valence-corrected chi connectivity index (χ1v) is 5.60. The van der Waals surface area contributed by atoms with E-state index in [0.717, 1.165) is 0 Å². The quantitative estimate of drug-likeness (QED) is 0.855. The number of aromatic nitrogens is 5. The number of hydrogen-bond acceptors (Lipinski definition) is 5. The second-order valence-electron chi connectivity index (χ2n) is 2.64. The van der Waals surface area contributed by atoms with Gasteiger partial charge in [0, 0.05) is 0 Å². The van der Waals surface area contributed by atoms with Crippen molar-refractivity contribution in [2.45, 2.75) is 0 Å². The summed E-state index contributed by atoms with van der Waals surface area (Å²) in [6, 6.07) is 0. The van der Waals surface area contributed by atoms with Crippen LogP contribution in [0.2, 0.25) is 0 Å². The molecule has 16 heavy (non-hydrogen) atoms. The van der Waals surface area contributed by atoms with Crippen molar-refractivity contribution < 1.29 is 4.79 Å². The number of H-pyrrole nitrogens is 1. The van der Waals surface area contributed by atoms with Gasteiger partial charge in [-0.05, 0) is 31.9 Å². The minimum absolute atomic E-state index is 0.177. The topological polar surface area (TPSA) is 96.5 Å². The SMILES string of the molecule is O=C(Nc1ncc(Br)nc1Br)c1cn[nH]n1. The van der Waals surface area contributed by atoms with E-state index in [4.69, 9.17) is 0 Å². The Labute approximate surface area is 106 Å². The number of aromatic amines is 1. The van der Waals surface area contributed by atoms with Crippen molar-refractivity contribution in [2.24, 2.45) is 0 Å². The van der Waals surface area contributed by atoms with E-state index in [1.165, 1.54) is 12.4 Å². The van der Waals surface area contributed by atoms with E-state index >= 15 is 0 Å². The van der Waals surface area contributed by atoms with Crippen LogP contribution >= 0.6 is 31.9 Å². The molecule has 2 rings (SSSR count). The highest BCUT2D eigenvalue weighted by molar-refractivity contribution is 9.11. The van der Waals surface area contributed by atoms with Gasteiger partial charge < -0.3 is 5.32 Å². The molecule has 0 spiro atoms. The van der Waals surface area contributed by atoms with Gasteiger partial charge in [-0.1, -0.05) is 0 Å². The summed E-state index contributed by atoms with van der Waals surface area (Å²) in [7, 11) is 0. The Morgan fingerprint density at radius 3 is 2.81 bits per heavy atom. The molecule has 0 radical (unpaired) electrons. The summed E-state index contributed by atoms with van der Waals surface area (Å²) in [5.74, 6) is -0.0951. The van der Waals surface area contributed by atoms with Crippen molar-refractivity contribution >= 4 is 43.6 Å². The van der Waals surface area contributed by atoms with Gasteiger partial charge >= 0.3 is 0 Å². The third kappa shape index (κ3) is 2.42. The minimum atomic E-state index is -0.411. The van der Waals surface area contributed by atoms with E-state index < -0.39 is 5.91 Å². The van der Waals surface area contributed by atoms with Gasteiger partial charge in [-0.25, -0.2) is 9.97 Å². The Kier molecular flexibility index (Phi) is 3.25. The van der Waals surface area contributed by atoms with Crippen molar-refractivity contribution in [3.63, 3.8) is 0 Å². The molecular formula is C7H4Br2N6O. The Hall–Kier alpha value is -1.35. The lowest BCUT2D eigenvalue weighted by atomic mass is 10.4. The van der Waals surface area contributed by atoms with Crippen molar-refractivity contribution in [1.29, 1.82) is 0 Å². The van der Waals surface area contributed by atoms with Crippen molar-refractivity contribution in [2.75, 3.05) is 5.32 Å².